The van der Waals surface area contributed by atoms with Crippen molar-refractivity contribution in [1.29, 1.82) is 0 Å². The second-order valence-electron chi connectivity index (χ2n) is 6.33. The molecule has 4 rings (SSSR count). The van der Waals surface area contributed by atoms with Crippen LogP contribution in [-0.2, 0) is 0 Å². The maximum Gasteiger partial charge on any atom is 0.206 e. The van der Waals surface area contributed by atoms with Gasteiger partial charge in [0.05, 0.1) is 11.7 Å². The van der Waals surface area contributed by atoms with Gasteiger partial charge in [-0.2, -0.15) is 0 Å². The summed E-state index contributed by atoms with van der Waals surface area (Å²) in [5, 5.41) is 9.85. The summed E-state index contributed by atoms with van der Waals surface area (Å²) in [5.74, 6) is 1.53. The van der Waals surface area contributed by atoms with Crippen LogP contribution in [0.25, 0.3) is 10.9 Å². The van der Waals surface area contributed by atoms with Crippen LogP contribution in [0.2, 0.25) is 0 Å². The van der Waals surface area contributed by atoms with E-state index in [1.54, 1.807) is 12.4 Å². The third-order valence-corrected chi connectivity index (χ3v) is 4.46. The molecule has 0 saturated carbocycles. The van der Waals surface area contributed by atoms with E-state index in [2.05, 4.69) is 15.0 Å². The highest BCUT2D eigenvalue weighted by Crippen LogP contribution is 2.30. The number of hydrogen-bond donors (Lipinski definition) is 1. The summed E-state index contributed by atoms with van der Waals surface area (Å²) in [6, 6.07) is 18.6. The molecule has 0 radical (unpaired) electrons. The predicted molar refractivity (Wildman–Crippen MR) is 110 cm³/mol. The Hall–Kier alpha value is -3.84. The number of benzene rings is 2. The Morgan fingerprint density at radius 1 is 0.966 bits per heavy atom. The van der Waals surface area contributed by atoms with Crippen molar-refractivity contribution >= 4 is 28.2 Å². The number of carbonyl (C=O) groups is 1. The summed E-state index contributed by atoms with van der Waals surface area (Å²) >= 11 is 0. The highest BCUT2D eigenvalue weighted by molar-refractivity contribution is 5.95. The van der Waals surface area contributed by atoms with Gasteiger partial charge < -0.3 is 14.7 Å². The van der Waals surface area contributed by atoms with E-state index in [9.17, 15) is 4.79 Å². The SMILES string of the molecule is CN(c1ccc(Oc2ccc(C(=O)CO)nc2)cc1)c1ncnc2ccccc12. The molecule has 0 atom stereocenters. The molecule has 0 unspecified atom stereocenters. The van der Waals surface area contributed by atoms with E-state index >= 15 is 0 Å². The molecule has 0 spiro atoms. The number of carbonyl (C=O) groups excluding carboxylic acids is 1. The number of pyridine rings is 1. The fraction of sp³-hybridized carbons (Fsp3) is 0.0909. The van der Waals surface area contributed by atoms with E-state index in [-0.39, 0.29) is 5.69 Å². The predicted octanol–water partition coefficient (Wildman–Crippen LogP) is 3.76. The van der Waals surface area contributed by atoms with Crippen LogP contribution >= 0.6 is 0 Å². The maximum absolute atomic E-state index is 11.4. The van der Waals surface area contributed by atoms with Crippen molar-refractivity contribution in [2.24, 2.45) is 0 Å². The topological polar surface area (TPSA) is 88.4 Å². The highest BCUT2D eigenvalue weighted by atomic mass is 16.5. The van der Waals surface area contributed by atoms with E-state index in [0.29, 0.717) is 11.5 Å². The van der Waals surface area contributed by atoms with Gasteiger partial charge in [0.15, 0.2) is 0 Å². The summed E-state index contributed by atoms with van der Waals surface area (Å²) in [6.45, 7) is -0.566. The number of fused-ring (bicyclic) bond motifs is 1. The van der Waals surface area contributed by atoms with Crippen LogP contribution in [0.1, 0.15) is 10.5 Å². The monoisotopic (exact) mass is 386 g/mol. The largest absolute Gasteiger partial charge is 0.456 e. The molecule has 7 heteroatoms. The first-order chi connectivity index (χ1) is 14.2. The van der Waals surface area contributed by atoms with Gasteiger partial charge in [-0.3, -0.25) is 4.79 Å². The van der Waals surface area contributed by atoms with Crippen LogP contribution in [0.3, 0.4) is 0 Å². The molecular weight excluding hydrogens is 368 g/mol. The van der Waals surface area contributed by atoms with Crippen LogP contribution < -0.4 is 9.64 Å². The fourth-order valence-electron chi connectivity index (χ4n) is 2.94. The highest BCUT2D eigenvalue weighted by Gasteiger charge is 2.11. The number of aromatic nitrogens is 3. The molecule has 0 fully saturated rings. The van der Waals surface area contributed by atoms with Crippen LogP contribution in [0.15, 0.2) is 73.2 Å². The van der Waals surface area contributed by atoms with Gasteiger partial charge in [-0.15, -0.1) is 0 Å². The molecule has 0 aliphatic carbocycles. The zero-order valence-corrected chi connectivity index (χ0v) is 15.7. The first kappa shape index (κ1) is 18.5. The normalized spacial score (nSPS) is 10.7. The number of ether oxygens (including phenoxy) is 1. The van der Waals surface area contributed by atoms with E-state index < -0.39 is 12.4 Å². The van der Waals surface area contributed by atoms with Crippen LogP contribution in [0.5, 0.6) is 11.5 Å². The van der Waals surface area contributed by atoms with Gasteiger partial charge in [0, 0.05) is 18.1 Å². The first-order valence-electron chi connectivity index (χ1n) is 8.97. The third-order valence-electron chi connectivity index (χ3n) is 4.46. The number of aliphatic hydroxyl groups is 1. The number of rotatable bonds is 6. The number of nitrogens with zero attached hydrogens (tertiary/aromatic N) is 4. The van der Waals surface area contributed by atoms with Gasteiger partial charge in [0.2, 0.25) is 5.78 Å². The molecule has 0 amide bonds. The standard InChI is InChI=1S/C22H18N4O3/c1-26(22-18-4-2-3-5-19(18)24-14-25-22)15-6-8-16(9-7-15)29-17-10-11-20(23-12-17)21(28)13-27/h2-12,14,27H,13H2,1H3. The first-order valence-corrected chi connectivity index (χ1v) is 8.97. The lowest BCUT2D eigenvalue weighted by molar-refractivity contribution is 0.0898. The lowest BCUT2D eigenvalue weighted by atomic mass is 10.2. The molecule has 29 heavy (non-hydrogen) atoms. The molecule has 2 aromatic carbocycles. The average molecular weight is 386 g/mol. The van der Waals surface area contributed by atoms with Gasteiger partial charge in [0.1, 0.15) is 35.9 Å². The Bertz CT molecular complexity index is 1140. The molecule has 0 aliphatic rings. The third kappa shape index (κ3) is 3.90. The van der Waals surface area contributed by atoms with Crippen LogP contribution in [0, 0.1) is 0 Å². The molecule has 7 nitrogen and oxygen atoms in total. The summed E-state index contributed by atoms with van der Waals surface area (Å²) in [7, 11) is 1.95. The summed E-state index contributed by atoms with van der Waals surface area (Å²) < 4.78 is 5.78. The number of Topliss-reactive ketones (excluding diaryl/α,β-unsaturated/α-hetero) is 1. The van der Waals surface area contributed by atoms with Crippen molar-refractivity contribution in [2.45, 2.75) is 0 Å². The van der Waals surface area contributed by atoms with Gasteiger partial charge in [0.25, 0.3) is 0 Å². The lowest BCUT2D eigenvalue weighted by Crippen LogP contribution is -2.11. The quantitative estimate of drug-likeness (QED) is 0.505. The zero-order chi connectivity index (χ0) is 20.2. The smallest absolute Gasteiger partial charge is 0.206 e. The minimum absolute atomic E-state index is 0.203. The van der Waals surface area contributed by atoms with Crippen molar-refractivity contribution in [3.8, 4) is 11.5 Å². The molecule has 2 aromatic heterocycles. The molecular formula is C22H18N4O3. The van der Waals surface area contributed by atoms with Crippen molar-refractivity contribution in [3.05, 3.63) is 78.9 Å². The number of anilines is 2. The van der Waals surface area contributed by atoms with Gasteiger partial charge in [-0.1, -0.05) is 12.1 Å². The Morgan fingerprint density at radius 3 is 2.45 bits per heavy atom. The number of para-hydroxylation sites is 1. The minimum atomic E-state index is -0.566. The molecule has 2 heterocycles. The minimum Gasteiger partial charge on any atom is -0.456 e. The van der Waals surface area contributed by atoms with Crippen LogP contribution in [0.4, 0.5) is 11.5 Å². The van der Waals surface area contributed by atoms with Crippen molar-refractivity contribution in [2.75, 3.05) is 18.6 Å². The molecule has 4 aromatic rings. The van der Waals surface area contributed by atoms with Crippen LogP contribution in [-0.4, -0.2) is 39.5 Å². The second-order valence-corrected chi connectivity index (χ2v) is 6.33. The number of ketones is 1. The Labute approximate surface area is 167 Å². The second kappa shape index (κ2) is 8.04. The summed E-state index contributed by atoms with van der Waals surface area (Å²) in [5.41, 5.74) is 2.04. The number of aliphatic hydroxyl groups excluding tert-OH is 1. The summed E-state index contributed by atoms with van der Waals surface area (Å²) in [6.07, 6.45) is 3.01. The Morgan fingerprint density at radius 2 is 1.72 bits per heavy atom. The molecule has 0 aliphatic heterocycles. The van der Waals surface area contributed by atoms with Crippen molar-refractivity contribution in [1.82, 2.24) is 15.0 Å². The maximum atomic E-state index is 11.4. The van der Waals surface area contributed by atoms with Crippen molar-refractivity contribution < 1.29 is 14.6 Å². The van der Waals surface area contributed by atoms with E-state index in [4.69, 9.17) is 9.84 Å². The Balaban J connectivity index is 1.52. The zero-order valence-electron chi connectivity index (χ0n) is 15.7. The van der Waals surface area contributed by atoms with E-state index in [0.717, 1.165) is 22.4 Å². The Kier molecular flexibility index (Phi) is 5.13. The van der Waals surface area contributed by atoms with Gasteiger partial charge in [-0.25, -0.2) is 15.0 Å². The van der Waals surface area contributed by atoms with E-state index in [1.807, 2.05) is 60.5 Å². The molecule has 0 bridgehead atoms. The average Bonchev–Trinajstić information content (AvgIpc) is 2.78. The molecule has 0 saturated heterocycles. The fourth-order valence-corrected chi connectivity index (χ4v) is 2.94. The lowest BCUT2D eigenvalue weighted by Gasteiger charge is -2.20. The molecule has 144 valence electrons. The summed E-state index contributed by atoms with van der Waals surface area (Å²) in [4.78, 5) is 26.1. The van der Waals surface area contributed by atoms with Gasteiger partial charge >= 0.3 is 0 Å². The van der Waals surface area contributed by atoms with Crippen molar-refractivity contribution in [3.63, 3.8) is 0 Å². The van der Waals surface area contributed by atoms with E-state index in [1.165, 1.54) is 12.3 Å². The van der Waals surface area contributed by atoms with Gasteiger partial charge in [-0.05, 0) is 48.5 Å². The number of hydrogen-bond acceptors (Lipinski definition) is 7. The molecule has 1 N–H and O–H groups in total.